The van der Waals surface area contributed by atoms with E-state index < -0.39 is 0 Å². The number of nitrogens with one attached hydrogen (secondary N) is 1. The minimum atomic E-state index is -0.277. The molecule has 1 aliphatic rings. The molecule has 1 aliphatic carbocycles. The molecule has 1 saturated carbocycles. The van der Waals surface area contributed by atoms with Crippen LogP contribution in [0.5, 0.6) is 0 Å². The van der Waals surface area contributed by atoms with E-state index in [1.54, 1.807) is 12.1 Å². The highest BCUT2D eigenvalue weighted by Gasteiger charge is 2.31. The molecular formula is C21H19FN2O. The molecule has 0 aliphatic heterocycles. The Morgan fingerprint density at radius 1 is 1.16 bits per heavy atom. The molecule has 3 aromatic rings. The van der Waals surface area contributed by atoms with Gasteiger partial charge in [-0.1, -0.05) is 30.3 Å². The topological polar surface area (TPSA) is 42.0 Å². The Balaban J connectivity index is 1.67. The molecule has 1 amide bonds. The predicted molar refractivity (Wildman–Crippen MR) is 96.0 cm³/mol. The van der Waals surface area contributed by atoms with Gasteiger partial charge in [0, 0.05) is 17.8 Å². The number of amides is 1. The van der Waals surface area contributed by atoms with Crippen molar-refractivity contribution in [2.45, 2.75) is 32.2 Å². The minimum absolute atomic E-state index is 0.109. The number of hydrogen-bond donors (Lipinski definition) is 1. The van der Waals surface area contributed by atoms with Crippen LogP contribution in [0, 0.1) is 12.7 Å². The molecular weight excluding hydrogens is 315 g/mol. The van der Waals surface area contributed by atoms with E-state index in [0.29, 0.717) is 18.0 Å². The van der Waals surface area contributed by atoms with Crippen molar-refractivity contribution in [2.75, 3.05) is 0 Å². The first-order valence-corrected chi connectivity index (χ1v) is 8.55. The summed E-state index contributed by atoms with van der Waals surface area (Å²) in [4.78, 5) is 17.7. The number of fused-ring (bicyclic) bond motifs is 1. The Labute approximate surface area is 145 Å². The van der Waals surface area contributed by atoms with Gasteiger partial charge in [0.05, 0.1) is 16.8 Å². The fourth-order valence-electron chi connectivity index (χ4n) is 3.21. The van der Waals surface area contributed by atoms with Gasteiger partial charge >= 0.3 is 0 Å². The van der Waals surface area contributed by atoms with Crippen molar-refractivity contribution >= 4 is 16.8 Å². The molecule has 1 aromatic heterocycles. The van der Waals surface area contributed by atoms with Gasteiger partial charge in [0.25, 0.3) is 5.91 Å². The molecule has 126 valence electrons. The predicted octanol–water partition coefficient (Wildman–Crippen LogP) is 4.49. The van der Waals surface area contributed by atoms with Crippen LogP contribution in [0.2, 0.25) is 0 Å². The summed E-state index contributed by atoms with van der Waals surface area (Å²) in [7, 11) is 0. The van der Waals surface area contributed by atoms with Crippen LogP contribution in [0.25, 0.3) is 10.9 Å². The number of aryl methyl sites for hydroxylation is 1. The lowest BCUT2D eigenvalue weighted by Crippen LogP contribution is -2.25. The van der Waals surface area contributed by atoms with Crippen molar-refractivity contribution in [3.63, 3.8) is 0 Å². The first-order valence-electron chi connectivity index (χ1n) is 8.55. The first-order chi connectivity index (χ1) is 12.1. The molecule has 0 atom stereocenters. The summed E-state index contributed by atoms with van der Waals surface area (Å²) in [5.74, 6) is -0.00229. The first kappa shape index (κ1) is 15.8. The normalized spacial score (nSPS) is 13.8. The van der Waals surface area contributed by atoms with Gasteiger partial charge in [-0.25, -0.2) is 4.39 Å². The summed E-state index contributed by atoms with van der Waals surface area (Å²) in [6.07, 6.45) is 2.17. The maximum absolute atomic E-state index is 13.0. The third-order valence-corrected chi connectivity index (χ3v) is 4.74. The van der Waals surface area contributed by atoms with Crippen LogP contribution >= 0.6 is 0 Å². The second-order valence-corrected chi connectivity index (χ2v) is 6.60. The van der Waals surface area contributed by atoms with Gasteiger partial charge in [-0.2, -0.15) is 0 Å². The van der Waals surface area contributed by atoms with Crippen LogP contribution in [-0.2, 0) is 6.54 Å². The number of pyridine rings is 1. The summed E-state index contributed by atoms with van der Waals surface area (Å²) in [6.45, 7) is 2.36. The second-order valence-electron chi connectivity index (χ2n) is 6.60. The summed E-state index contributed by atoms with van der Waals surface area (Å²) in [5, 5.41) is 3.97. The molecule has 4 rings (SSSR count). The van der Waals surface area contributed by atoms with Gasteiger partial charge in [0.2, 0.25) is 0 Å². The van der Waals surface area contributed by atoms with Crippen LogP contribution in [0.4, 0.5) is 4.39 Å². The highest BCUT2D eigenvalue weighted by molar-refractivity contribution is 6.01. The van der Waals surface area contributed by atoms with Crippen molar-refractivity contribution in [3.8, 4) is 0 Å². The van der Waals surface area contributed by atoms with Crippen molar-refractivity contribution in [1.82, 2.24) is 10.3 Å². The molecule has 0 radical (unpaired) electrons. The van der Waals surface area contributed by atoms with Crippen molar-refractivity contribution in [3.05, 3.63) is 76.7 Å². The zero-order valence-corrected chi connectivity index (χ0v) is 14.1. The molecule has 4 heteroatoms. The monoisotopic (exact) mass is 334 g/mol. The number of hydrogen-bond acceptors (Lipinski definition) is 2. The van der Waals surface area contributed by atoms with Crippen LogP contribution in [0.3, 0.4) is 0 Å². The highest BCUT2D eigenvalue weighted by Crippen LogP contribution is 2.42. The summed E-state index contributed by atoms with van der Waals surface area (Å²) < 4.78 is 13.0. The average Bonchev–Trinajstić information content (AvgIpc) is 3.46. The summed E-state index contributed by atoms with van der Waals surface area (Å²) in [5.41, 5.74) is 4.39. The number of nitrogens with zero attached hydrogens (tertiary/aromatic N) is 1. The minimum Gasteiger partial charge on any atom is -0.348 e. The second kappa shape index (κ2) is 6.28. The number of halogens is 1. The zero-order chi connectivity index (χ0) is 17.4. The lowest BCUT2D eigenvalue weighted by Gasteiger charge is -2.14. The van der Waals surface area contributed by atoms with Gasteiger partial charge in [0.15, 0.2) is 0 Å². The van der Waals surface area contributed by atoms with E-state index in [4.69, 9.17) is 4.98 Å². The highest BCUT2D eigenvalue weighted by atomic mass is 19.1. The van der Waals surface area contributed by atoms with Crippen LogP contribution in [0.15, 0.2) is 48.5 Å². The average molecular weight is 334 g/mol. The lowest BCUT2D eigenvalue weighted by atomic mass is 9.98. The van der Waals surface area contributed by atoms with E-state index in [9.17, 15) is 9.18 Å². The zero-order valence-electron chi connectivity index (χ0n) is 14.1. The largest absolute Gasteiger partial charge is 0.348 e. The van der Waals surface area contributed by atoms with Crippen LogP contribution < -0.4 is 5.32 Å². The van der Waals surface area contributed by atoms with Crippen LogP contribution in [0.1, 0.15) is 45.9 Å². The van der Waals surface area contributed by atoms with Gasteiger partial charge in [-0.05, 0) is 49.1 Å². The Morgan fingerprint density at radius 3 is 2.60 bits per heavy atom. The fraction of sp³-hybridized carbons (Fsp3) is 0.238. The Hall–Kier alpha value is -2.75. The third-order valence-electron chi connectivity index (χ3n) is 4.74. The smallest absolute Gasteiger partial charge is 0.253 e. The van der Waals surface area contributed by atoms with E-state index in [0.717, 1.165) is 40.6 Å². The van der Waals surface area contributed by atoms with Gasteiger partial charge < -0.3 is 5.32 Å². The standard InChI is InChI=1S/C21H19FN2O/c1-13-17-4-2-3-5-18(17)24-20(15-8-9-15)19(13)21(25)23-12-14-6-10-16(22)11-7-14/h2-7,10-11,15H,8-9,12H2,1H3,(H,23,25). The molecule has 0 unspecified atom stereocenters. The number of para-hydroxylation sites is 1. The maximum Gasteiger partial charge on any atom is 0.253 e. The van der Waals surface area contributed by atoms with Crippen molar-refractivity contribution in [1.29, 1.82) is 0 Å². The molecule has 0 bridgehead atoms. The number of carbonyl (C=O) groups excluding carboxylic acids is 1. The number of rotatable bonds is 4. The molecule has 0 saturated heterocycles. The van der Waals surface area contributed by atoms with Crippen molar-refractivity contribution in [2.24, 2.45) is 0 Å². The fourth-order valence-corrected chi connectivity index (χ4v) is 3.21. The van der Waals surface area contributed by atoms with E-state index in [1.807, 2.05) is 31.2 Å². The molecule has 25 heavy (non-hydrogen) atoms. The van der Waals surface area contributed by atoms with E-state index in [2.05, 4.69) is 5.32 Å². The third kappa shape index (κ3) is 3.12. The lowest BCUT2D eigenvalue weighted by molar-refractivity contribution is 0.0949. The Morgan fingerprint density at radius 2 is 1.88 bits per heavy atom. The molecule has 1 fully saturated rings. The molecule has 1 heterocycles. The number of carbonyl (C=O) groups is 1. The van der Waals surface area contributed by atoms with Crippen LogP contribution in [-0.4, -0.2) is 10.9 Å². The van der Waals surface area contributed by atoms with Gasteiger partial charge in [-0.15, -0.1) is 0 Å². The number of benzene rings is 2. The summed E-state index contributed by atoms with van der Waals surface area (Å²) in [6, 6.07) is 14.1. The maximum atomic E-state index is 13.0. The van der Waals surface area contributed by atoms with E-state index in [1.165, 1.54) is 12.1 Å². The summed E-state index contributed by atoms with van der Waals surface area (Å²) >= 11 is 0. The van der Waals surface area contributed by atoms with Gasteiger partial charge in [-0.3, -0.25) is 9.78 Å². The Bertz CT molecular complexity index is 946. The molecule has 3 nitrogen and oxygen atoms in total. The number of aromatic nitrogens is 1. The van der Waals surface area contributed by atoms with E-state index >= 15 is 0 Å². The van der Waals surface area contributed by atoms with E-state index in [-0.39, 0.29) is 11.7 Å². The molecule has 0 spiro atoms. The SMILES string of the molecule is Cc1c(C(=O)NCc2ccc(F)cc2)c(C2CC2)nc2ccccc12. The Kier molecular flexibility index (Phi) is 3.96. The van der Waals surface area contributed by atoms with Crippen molar-refractivity contribution < 1.29 is 9.18 Å². The molecule has 2 aromatic carbocycles. The van der Waals surface area contributed by atoms with Gasteiger partial charge in [0.1, 0.15) is 5.82 Å². The molecule has 1 N–H and O–H groups in total. The quantitative estimate of drug-likeness (QED) is 0.764.